The van der Waals surface area contributed by atoms with Crippen LogP contribution in [0.1, 0.15) is 61.3 Å². The van der Waals surface area contributed by atoms with E-state index in [0.29, 0.717) is 73.3 Å². The first-order valence-corrected chi connectivity index (χ1v) is 15.6. The number of alkyl halides is 3. The van der Waals surface area contributed by atoms with Gasteiger partial charge in [-0.2, -0.15) is 18.4 Å². The van der Waals surface area contributed by atoms with Crippen LogP contribution in [0.2, 0.25) is 0 Å². The molecule has 2 amide bonds. The SMILES string of the molecule is Cc1nc(C(=O)Nc2ccc([C@H]3CNCCO3)c(F)c2)ccc1C#N.O=C(Nc1ccc([C@H]2CNCCO2)c(F)c1)c1cnc(C(F)(F)F)cn1. The van der Waals surface area contributed by atoms with Crippen molar-refractivity contribution in [1.29, 1.82) is 5.26 Å². The molecule has 266 valence electrons. The lowest BCUT2D eigenvalue weighted by atomic mass is 10.1. The lowest BCUT2D eigenvalue weighted by Gasteiger charge is -2.24. The fourth-order valence-electron chi connectivity index (χ4n) is 5.05. The highest BCUT2D eigenvalue weighted by atomic mass is 19.4. The number of benzene rings is 2. The molecule has 0 aliphatic carbocycles. The number of nitriles is 1. The molecule has 2 saturated heterocycles. The molecule has 4 aromatic rings. The summed E-state index contributed by atoms with van der Waals surface area (Å²) in [5.74, 6) is -2.25. The largest absolute Gasteiger partial charge is 0.434 e. The monoisotopic (exact) mass is 710 g/mol. The second kappa shape index (κ2) is 16.5. The van der Waals surface area contributed by atoms with Crippen molar-refractivity contribution in [1.82, 2.24) is 25.6 Å². The molecule has 2 aromatic carbocycles. The Morgan fingerprint density at radius 1 is 0.824 bits per heavy atom. The zero-order valence-corrected chi connectivity index (χ0v) is 27.0. The van der Waals surface area contributed by atoms with E-state index in [4.69, 9.17) is 14.7 Å². The highest BCUT2D eigenvalue weighted by Crippen LogP contribution is 2.28. The van der Waals surface area contributed by atoms with Gasteiger partial charge in [-0.1, -0.05) is 12.1 Å². The molecule has 51 heavy (non-hydrogen) atoms. The number of anilines is 2. The first-order chi connectivity index (χ1) is 24.4. The number of nitrogens with zero attached hydrogens (tertiary/aromatic N) is 4. The van der Waals surface area contributed by atoms with Crippen molar-refractivity contribution in [2.24, 2.45) is 0 Å². The van der Waals surface area contributed by atoms with Gasteiger partial charge in [0, 0.05) is 48.7 Å². The highest BCUT2D eigenvalue weighted by molar-refractivity contribution is 6.03. The maximum atomic E-state index is 14.3. The molecule has 2 aliphatic heterocycles. The van der Waals surface area contributed by atoms with Crippen molar-refractivity contribution in [3.8, 4) is 6.07 Å². The average Bonchev–Trinajstić information content (AvgIpc) is 3.12. The number of hydrogen-bond donors (Lipinski definition) is 4. The summed E-state index contributed by atoms with van der Waals surface area (Å²) in [6.45, 7) is 5.13. The summed E-state index contributed by atoms with van der Waals surface area (Å²) in [4.78, 5) is 35.0. The van der Waals surface area contributed by atoms with Crippen LogP contribution in [-0.4, -0.2) is 66.2 Å². The molecule has 0 radical (unpaired) electrons. The minimum Gasteiger partial charge on any atom is -0.371 e. The van der Waals surface area contributed by atoms with Crippen LogP contribution in [0.25, 0.3) is 0 Å². The van der Waals surface area contributed by atoms with Gasteiger partial charge >= 0.3 is 6.18 Å². The van der Waals surface area contributed by atoms with Gasteiger partial charge in [0.05, 0.1) is 49.1 Å². The number of morpholine rings is 2. The van der Waals surface area contributed by atoms with E-state index in [1.165, 1.54) is 30.3 Å². The minimum atomic E-state index is -4.64. The summed E-state index contributed by atoms with van der Waals surface area (Å²) in [7, 11) is 0. The van der Waals surface area contributed by atoms with Crippen molar-refractivity contribution >= 4 is 23.2 Å². The van der Waals surface area contributed by atoms with E-state index in [9.17, 15) is 31.5 Å². The van der Waals surface area contributed by atoms with E-state index in [-0.39, 0.29) is 23.2 Å². The third kappa shape index (κ3) is 9.64. The Bertz CT molecular complexity index is 1910. The standard InChI is InChI=1S/C18H17FN4O2.C16H14F4N4O2/c1-11-12(9-20)2-5-16(22-11)18(24)23-13-3-4-14(15(19)8-13)17-10-21-6-7-25-17;17-11-5-9(1-2-10(11)13-7-21-3-4-26-13)24-15(25)12-6-23-14(8-22-12)16(18,19)20/h2-5,8,17,21H,6-7,10H2,1H3,(H,23,24);1-2,5-6,8,13,21H,3-4,7H2,(H,24,25)/t17-;13-/m11/s1. The van der Waals surface area contributed by atoms with Crippen LogP contribution in [0, 0.1) is 29.9 Å². The molecule has 4 N–H and O–H groups in total. The van der Waals surface area contributed by atoms with Crippen molar-refractivity contribution < 1.29 is 41.0 Å². The van der Waals surface area contributed by atoms with Gasteiger partial charge < -0.3 is 30.7 Å². The highest BCUT2D eigenvalue weighted by Gasteiger charge is 2.33. The Morgan fingerprint density at radius 2 is 1.37 bits per heavy atom. The van der Waals surface area contributed by atoms with Crippen molar-refractivity contribution in [2.75, 3.05) is 50.0 Å². The molecular weight excluding hydrogens is 679 g/mol. The molecule has 2 aliphatic rings. The molecule has 6 rings (SSSR count). The third-order valence-electron chi connectivity index (χ3n) is 7.68. The molecule has 0 saturated carbocycles. The van der Waals surface area contributed by atoms with Gasteiger partial charge in [0.1, 0.15) is 29.1 Å². The number of hydrogen-bond acceptors (Lipinski definition) is 10. The van der Waals surface area contributed by atoms with Gasteiger partial charge in [-0.3, -0.25) is 9.59 Å². The number of aromatic nitrogens is 3. The van der Waals surface area contributed by atoms with Crippen LogP contribution in [0.3, 0.4) is 0 Å². The van der Waals surface area contributed by atoms with Crippen LogP contribution in [0.5, 0.6) is 0 Å². The second-order valence-electron chi connectivity index (χ2n) is 11.2. The molecule has 0 spiro atoms. The number of nitrogens with one attached hydrogen (secondary N) is 4. The van der Waals surface area contributed by atoms with E-state index >= 15 is 0 Å². The normalized spacial score (nSPS) is 17.4. The predicted molar refractivity (Wildman–Crippen MR) is 173 cm³/mol. The maximum Gasteiger partial charge on any atom is 0.434 e. The number of aryl methyl sites for hydroxylation is 1. The number of pyridine rings is 1. The molecule has 12 nitrogen and oxygen atoms in total. The Balaban J connectivity index is 0.000000198. The number of rotatable bonds is 6. The number of carbonyl (C=O) groups is 2. The lowest BCUT2D eigenvalue weighted by molar-refractivity contribution is -0.141. The van der Waals surface area contributed by atoms with Crippen LogP contribution in [0.15, 0.2) is 60.9 Å². The predicted octanol–water partition coefficient (Wildman–Crippen LogP) is 4.86. The zero-order chi connectivity index (χ0) is 36.5. The van der Waals surface area contributed by atoms with Gasteiger partial charge in [0.15, 0.2) is 5.69 Å². The summed E-state index contributed by atoms with van der Waals surface area (Å²) in [6, 6.07) is 13.6. The topological polar surface area (TPSA) is 163 Å². The van der Waals surface area contributed by atoms with Gasteiger partial charge in [-0.15, -0.1) is 0 Å². The smallest absolute Gasteiger partial charge is 0.371 e. The van der Waals surface area contributed by atoms with Crippen LogP contribution < -0.4 is 21.3 Å². The van der Waals surface area contributed by atoms with Crippen molar-refractivity contribution in [3.05, 3.63) is 112 Å². The molecule has 2 fully saturated rings. The van der Waals surface area contributed by atoms with Crippen molar-refractivity contribution in [2.45, 2.75) is 25.3 Å². The number of ether oxygens (including phenoxy) is 2. The second-order valence-corrected chi connectivity index (χ2v) is 11.2. The van der Waals surface area contributed by atoms with Gasteiger partial charge in [0.2, 0.25) is 0 Å². The Hall–Kier alpha value is -5.41. The van der Waals surface area contributed by atoms with Crippen molar-refractivity contribution in [3.63, 3.8) is 0 Å². The van der Waals surface area contributed by atoms with E-state index in [0.717, 1.165) is 12.6 Å². The number of carbonyl (C=O) groups excluding carboxylic acids is 2. The van der Waals surface area contributed by atoms with Crippen LogP contribution in [0.4, 0.5) is 33.3 Å². The van der Waals surface area contributed by atoms with Crippen LogP contribution in [-0.2, 0) is 15.7 Å². The molecule has 2 atom stereocenters. The summed E-state index contributed by atoms with van der Waals surface area (Å²) in [6.07, 6.45) is -4.22. The summed E-state index contributed by atoms with van der Waals surface area (Å²) in [5.41, 5.74) is 0.808. The molecule has 4 heterocycles. The third-order valence-corrected chi connectivity index (χ3v) is 7.68. The average molecular weight is 711 g/mol. The maximum absolute atomic E-state index is 14.3. The molecule has 0 bridgehead atoms. The first-order valence-electron chi connectivity index (χ1n) is 15.6. The van der Waals surface area contributed by atoms with E-state index in [1.807, 2.05) is 6.07 Å². The first kappa shape index (κ1) is 36.9. The van der Waals surface area contributed by atoms with E-state index in [2.05, 4.69) is 36.2 Å². The molecule has 17 heteroatoms. The quantitative estimate of drug-likeness (QED) is 0.203. The van der Waals surface area contributed by atoms with Crippen LogP contribution >= 0.6 is 0 Å². The molecule has 0 unspecified atom stereocenters. The number of amides is 2. The Kier molecular flexibility index (Phi) is 11.9. The fourth-order valence-corrected chi connectivity index (χ4v) is 5.05. The van der Waals surface area contributed by atoms with Gasteiger partial charge in [-0.05, 0) is 43.3 Å². The Morgan fingerprint density at radius 3 is 1.78 bits per heavy atom. The van der Waals surface area contributed by atoms with Gasteiger partial charge in [0.25, 0.3) is 11.8 Å². The summed E-state index contributed by atoms with van der Waals surface area (Å²) >= 11 is 0. The summed E-state index contributed by atoms with van der Waals surface area (Å²) < 4.78 is 76.9. The number of halogens is 5. The van der Waals surface area contributed by atoms with E-state index in [1.54, 1.807) is 19.1 Å². The molecular formula is C34H31F5N8O4. The molecule has 2 aromatic heterocycles. The Labute approximate surface area is 288 Å². The fraction of sp³-hybridized carbons (Fsp3) is 0.294. The van der Waals surface area contributed by atoms with E-state index < -0.39 is 41.4 Å². The minimum absolute atomic E-state index is 0.140. The summed E-state index contributed by atoms with van der Waals surface area (Å²) in [5, 5.41) is 20.1. The lowest BCUT2D eigenvalue weighted by Crippen LogP contribution is -2.33. The zero-order valence-electron chi connectivity index (χ0n) is 27.0. The van der Waals surface area contributed by atoms with Gasteiger partial charge in [-0.25, -0.2) is 23.7 Å².